The van der Waals surface area contributed by atoms with Crippen molar-refractivity contribution < 1.29 is 13.2 Å². The van der Waals surface area contributed by atoms with Crippen molar-refractivity contribution in [3.8, 4) is 5.75 Å². The highest BCUT2D eigenvalue weighted by atomic mass is 32.2. The summed E-state index contributed by atoms with van der Waals surface area (Å²) in [6.45, 7) is 1.85. The zero-order chi connectivity index (χ0) is 15.3. The van der Waals surface area contributed by atoms with E-state index in [9.17, 15) is 8.42 Å². The minimum absolute atomic E-state index is 0.0398. The Bertz CT molecular complexity index is 717. The summed E-state index contributed by atoms with van der Waals surface area (Å²) in [5.41, 5.74) is 7.47. The monoisotopic (exact) mass is 307 g/mol. The van der Waals surface area contributed by atoms with Gasteiger partial charge in [0.25, 0.3) is 0 Å². The van der Waals surface area contributed by atoms with Gasteiger partial charge in [-0.15, -0.1) is 0 Å². The lowest BCUT2D eigenvalue weighted by molar-refractivity contribution is 0.341. The highest BCUT2D eigenvalue weighted by molar-refractivity contribution is 7.92. The fraction of sp³-hybridized carbons (Fsp3) is 0.214. The molecular formula is C14H17N3O3S. The molecule has 0 atom stereocenters. The standard InChI is InChI=1S/C14H17N3O3S/c1-11-5-6-16-10-14(11)17-21(18,19)8-7-20-13-4-2-3-12(15)9-13/h2-6,9-10,17H,7-8,15H2,1H3. The first-order valence-electron chi connectivity index (χ1n) is 6.36. The molecule has 1 aromatic carbocycles. The molecule has 7 heteroatoms. The topological polar surface area (TPSA) is 94.3 Å². The van der Waals surface area contributed by atoms with Crippen molar-refractivity contribution in [1.82, 2.24) is 4.98 Å². The predicted octanol–water partition coefficient (Wildman–Crippen LogP) is 1.79. The van der Waals surface area contributed by atoms with Crippen molar-refractivity contribution >= 4 is 21.4 Å². The second-order valence-electron chi connectivity index (χ2n) is 4.53. The Hall–Kier alpha value is -2.28. The van der Waals surface area contributed by atoms with Gasteiger partial charge in [0.2, 0.25) is 10.0 Å². The van der Waals surface area contributed by atoms with Crippen LogP contribution in [0.15, 0.2) is 42.7 Å². The Morgan fingerprint density at radius 1 is 1.33 bits per heavy atom. The molecule has 0 radical (unpaired) electrons. The van der Waals surface area contributed by atoms with Gasteiger partial charge < -0.3 is 10.5 Å². The minimum atomic E-state index is -3.48. The van der Waals surface area contributed by atoms with E-state index in [0.29, 0.717) is 17.1 Å². The number of nitrogens with two attached hydrogens (primary N) is 1. The van der Waals surface area contributed by atoms with Crippen molar-refractivity contribution in [2.24, 2.45) is 0 Å². The molecule has 0 aliphatic carbocycles. The van der Waals surface area contributed by atoms with E-state index in [4.69, 9.17) is 10.5 Å². The number of benzene rings is 1. The quantitative estimate of drug-likeness (QED) is 0.793. The number of rotatable bonds is 6. The Labute approximate surface area is 124 Å². The first-order valence-corrected chi connectivity index (χ1v) is 8.01. The lowest BCUT2D eigenvalue weighted by Crippen LogP contribution is -2.21. The van der Waals surface area contributed by atoms with E-state index in [-0.39, 0.29) is 12.4 Å². The maximum absolute atomic E-state index is 12.0. The maximum atomic E-state index is 12.0. The fourth-order valence-electron chi connectivity index (χ4n) is 1.66. The van der Waals surface area contributed by atoms with Crippen LogP contribution in [0.25, 0.3) is 0 Å². The van der Waals surface area contributed by atoms with Gasteiger partial charge in [0.15, 0.2) is 0 Å². The molecule has 0 spiro atoms. The molecule has 0 saturated carbocycles. The van der Waals surface area contributed by atoms with Crippen LogP contribution in [0.3, 0.4) is 0 Å². The average molecular weight is 307 g/mol. The highest BCUT2D eigenvalue weighted by Gasteiger charge is 2.12. The van der Waals surface area contributed by atoms with E-state index in [2.05, 4.69) is 9.71 Å². The van der Waals surface area contributed by atoms with Crippen molar-refractivity contribution in [3.63, 3.8) is 0 Å². The van der Waals surface area contributed by atoms with Crippen LogP contribution in [0.2, 0.25) is 0 Å². The van der Waals surface area contributed by atoms with E-state index >= 15 is 0 Å². The van der Waals surface area contributed by atoms with E-state index in [1.807, 2.05) is 6.92 Å². The van der Waals surface area contributed by atoms with Gasteiger partial charge in [0.1, 0.15) is 18.1 Å². The summed E-state index contributed by atoms with van der Waals surface area (Å²) >= 11 is 0. The molecular weight excluding hydrogens is 290 g/mol. The smallest absolute Gasteiger partial charge is 0.236 e. The van der Waals surface area contributed by atoms with Crippen LogP contribution in [0.4, 0.5) is 11.4 Å². The van der Waals surface area contributed by atoms with Crippen molar-refractivity contribution in [2.45, 2.75) is 6.92 Å². The molecule has 3 N–H and O–H groups in total. The van der Waals surface area contributed by atoms with Crippen LogP contribution in [0.5, 0.6) is 5.75 Å². The molecule has 6 nitrogen and oxygen atoms in total. The number of aromatic nitrogens is 1. The molecule has 0 unspecified atom stereocenters. The number of anilines is 2. The fourth-order valence-corrected chi connectivity index (χ4v) is 2.62. The molecule has 21 heavy (non-hydrogen) atoms. The molecule has 2 aromatic rings. The zero-order valence-electron chi connectivity index (χ0n) is 11.6. The van der Waals surface area contributed by atoms with Crippen LogP contribution >= 0.6 is 0 Å². The summed E-state index contributed by atoms with van der Waals surface area (Å²) in [4.78, 5) is 3.90. The third-order valence-corrected chi connectivity index (χ3v) is 4.02. The predicted molar refractivity (Wildman–Crippen MR) is 82.7 cm³/mol. The number of hydrogen-bond acceptors (Lipinski definition) is 5. The molecule has 2 rings (SSSR count). The summed E-state index contributed by atoms with van der Waals surface area (Å²) < 4.78 is 31.8. The Morgan fingerprint density at radius 2 is 2.14 bits per heavy atom. The first kappa shape index (κ1) is 15.1. The number of aryl methyl sites for hydroxylation is 1. The van der Waals surface area contributed by atoms with Crippen molar-refractivity contribution in [3.05, 3.63) is 48.3 Å². The SMILES string of the molecule is Cc1ccncc1NS(=O)(=O)CCOc1cccc(N)c1. The Kier molecular flexibility index (Phi) is 4.64. The number of nitrogen functional groups attached to an aromatic ring is 1. The van der Waals surface area contributed by atoms with Gasteiger partial charge in [-0.2, -0.15) is 0 Å². The van der Waals surface area contributed by atoms with Gasteiger partial charge in [0, 0.05) is 18.0 Å². The van der Waals surface area contributed by atoms with Gasteiger partial charge >= 0.3 is 0 Å². The van der Waals surface area contributed by atoms with E-state index in [1.165, 1.54) is 6.20 Å². The summed E-state index contributed by atoms with van der Waals surface area (Å²) in [6, 6.07) is 8.58. The van der Waals surface area contributed by atoms with Crippen LogP contribution < -0.4 is 15.2 Å². The summed E-state index contributed by atoms with van der Waals surface area (Å²) in [6.07, 6.45) is 3.09. The van der Waals surface area contributed by atoms with E-state index in [1.54, 1.807) is 36.5 Å². The Morgan fingerprint density at radius 3 is 2.86 bits per heavy atom. The molecule has 1 heterocycles. The second kappa shape index (κ2) is 6.45. The zero-order valence-corrected chi connectivity index (χ0v) is 12.4. The largest absolute Gasteiger partial charge is 0.492 e. The van der Waals surface area contributed by atoms with Gasteiger partial charge in [0.05, 0.1) is 11.9 Å². The van der Waals surface area contributed by atoms with Crippen LogP contribution in [0, 0.1) is 6.92 Å². The van der Waals surface area contributed by atoms with Gasteiger partial charge in [-0.25, -0.2) is 8.42 Å². The third kappa shape index (κ3) is 4.64. The highest BCUT2D eigenvalue weighted by Crippen LogP contribution is 2.15. The number of pyridine rings is 1. The number of nitrogens with one attached hydrogen (secondary N) is 1. The molecule has 0 bridgehead atoms. The number of hydrogen-bond donors (Lipinski definition) is 2. The molecule has 112 valence electrons. The Balaban J connectivity index is 1.91. The summed E-state index contributed by atoms with van der Waals surface area (Å²) in [7, 11) is -3.48. The molecule has 0 amide bonds. The molecule has 0 saturated heterocycles. The van der Waals surface area contributed by atoms with Crippen LogP contribution in [0.1, 0.15) is 5.56 Å². The van der Waals surface area contributed by atoms with Gasteiger partial charge in [-0.05, 0) is 30.7 Å². The summed E-state index contributed by atoms with van der Waals surface area (Å²) in [5.74, 6) is 0.388. The van der Waals surface area contributed by atoms with Crippen molar-refractivity contribution in [1.29, 1.82) is 0 Å². The lowest BCUT2D eigenvalue weighted by Gasteiger charge is -2.11. The average Bonchev–Trinajstić information content (AvgIpc) is 2.41. The molecule has 1 aromatic heterocycles. The van der Waals surface area contributed by atoms with Gasteiger partial charge in [-0.1, -0.05) is 6.07 Å². The number of sulfonamides is 1. The minimum Gasteiger partial charge on any atom is -0.492 e. The van der Waals surface area contributed by atoms with Gasteiger partial charge in [-0.3, -0.25) is 9.71 Å². The molecule has 0 aliphatic heterocycles. The van der Waals surface area contributed by atoms with Crippen LogP contribution in [-0.2, 0) is 10.0 Å². The van der Waals surface area contributed by atoms with E-state index in [0.717, 1.165) is 5.56 Å². The molecule has 0 fully saturated rings. The summed E-state index contributed by atoms with van der Waals surface area (Å²) in [5, 5.41) is 0. The van der Waals surface area contributed by atoms with E-state index < -0.39 is 10.0 Å². The first-order chi connectivity index (χ1) is 9.96. The normalized spacial score (nSPS) is 11.1. The number of nitrogens with zero attached hydrogens (tertiary/aromatic N) is 1. The lowest BCUT2D eigenvalue weighted by atomic mass is 10.3. The van der Waals surface area contributed by atoms with Crippen LogP contribution in [-0.4, -0.2) is 25.8 Å². The second-order valence-corrected chi connectivity index (χ2v) is 6.37. The maximum Gasteiger partial charge on any atom is 0.236 e. The molecule has 0 aliphatic rings. The van der Waals surface area contributed by atoms with Crippen molar-refractivity contribution in [2.75, 3.05) is 22.8 Å². The third-order valence-electron chi connectivity index (χ3n) is 2.78. The number of ether oxygens (including phenoxy) is 1.